The van der Waals surface area contributed by atoms with Crippen molar-refractivity contribution in [3.63, 3.8) is 0 Å². The normalized spacial score (nSPS) is 12.2. The third-order valence-electron chi connectivity index (χ3n) is 4.93. The van der Waals surface area contributed by atoms with E-state index in [-0.39, 0.29) is 4.90 Å². The van der Waals surface area contributed by atoms with Crippen LogP contribution in [0.3, 0.4) is 0 Å². The van der Waals surface area contributed by atoms with Crippen LogP contribution in [-0.2, 0) is 24.2 Å². The van der Waals surface area contributed by atoms with Crippen LogP contribution in [0.25, 0.3) is 20.4 Å². The number of hydrogen-bond acceptors (Lipinski definition) is 6. The summed E-state index contributed by atoms with van der Waals surface area (Å²) in [6.45, 7) is 1.82. The fraction of sp³-hybridized carbons (Fsp3) is 0.130. The van der Waals surface area contributed by atoms with E-state index in [9.17, 15) is 13.0 Å². The minimum absolute atomic E-state index is 0.178. The molecule has 2 aromatic heterocycles. The lowest BCUT2D eigenvalue weighted by molar-refractivity contribution is -0.627. The largest absolute Gasteiger partial charge is 0.744 e. The van der Waals surface area contributed by atoms with Gasteiger partial charge in [0.25, 0.3) is 0 Å². The van der Waals surface area contributed by atoms with Crippen molar-refractivity contribution >= 4 is 58.4 Å². The summed E-state index contributed by atoms with van der Waals surface area (Å²) in [5.41, 5.74) is 3.38. The first kappa shape index (κ1) is 22.3. The lowest BCUT2D eigenvalue weighted by Crippen LogP contribution is -2.26. The second-order valence-electron chi connectivity index (χ2n) is 7.20. The van der Waals surface area contributed by atoms with E-state index in [1.807, 2.05) is 6.92 Å². The Kier molecular flexibility index (Phi) is 6.25. The summed E-state index contributed by atoms with van der Waals surface area (Å²) in [5, 5.41) is 1.03. The minimum Gasteiger partial charge on any atom is -0.744 e. The summed E-state index contributed by atoms with van der Waals surface area (Å²) >= 11 is 3.45. The highest BCUT2D eigenvalue weighted by atomic mass is 32.2. The SMILES string of the molecule is Cc1ccc(S(=O)(=O)[O-])cc1.Cn1c(=Nc2sc3ccccc3[n+]2C)sc2ccccc21. The van der Waals surface area contributed by atoms with Crippen LogP contribution >= 0.6 is 22.7 Å². The minimum atomic E-state index is -4.27. The molecule has 0 saturated carbocycles. The van der Waals surface area contributed by atoms with Crippen LogP contribution < -0.4 is 9.37 Å². The van der Waals surface area contributed by atoms with Crippen LogP contribution in [0, 0.1) is 6.92 Å². The van der Waals surface area contributed by atoms with Crippen molar-refractivity contribution < 1.29 is 17.5 Å². The molecular formula is C23H21N3O3S3. The van der Waals surface area contributed by atoms with Crippen LogP contribution in [0.1, 0.15) is 5.56 Å². The first-order chi connectivity index (χ1) is 15.2. The highest BCUT2D eigenvalue weighted by Gasteiger charge is 2.16. The number of rotatable bonds is 2. The molecule has 0 saturated heterocycles. The van der Waals surface area contributed by atoms with Crippen molar-refractivity contribution in [2.45, 2.75) is 11.8 Å². The Hall–Kier alpha value is -2.85. The van der Waals surface area contributed by atoms with Crippen LogP contribution in [0.2, 0.25) is 0 Å². The van der Waals surface area contributed by atoms with Gasteiger partial charge in [0.05, 0.1) is 26.9 Å². The van der Waals surface area contributed by atoms with Gasteiger partial charge in [-0.05, 0) is 54.7 Å². The molecule has 3 aromatic carbocycles. The zero-order valence-electron chi connectivity index (χ0n) is 17.7. The molecule has 0 aliphatic heterocycles. The molecule has 2 heterocycles. The maximum Gasteiger partial charge on any atom is 0.386 e. The summed E-state index contributed by atoms with van der Waals surface area (Å²) in [6.07, 6.45) is 0. The second-order valence-corrected chi connectivity index (χ2v) is 10.6. The predicted octanol–water partition coefficient (Wildman–Crippen LogP) is 4.41. The number of nitrogens with zero attached hydrogens (tertiary/aromatic N) is 3. The summed E-state index contributed by atoms with van der Waals surface area (Å²) in [4.78, 5) is 5.73. The van der Waals surface area contributed by atoms with Crippen molar-refractivity contribution in [3.8, 4) is 0 Å². The Labute approximate surface area is 194 Å². The van der Waals surface area contributed by atoms with E-state index in [1.165, 1.54) is 32.6 Å². The quantitative estimate of drug-likeness (QED) is 0.276. The van der Waals surface area contributed by atoms with Gasteiger partial charge in [-0.15, -0.1) is 0 Å². The first-order valence-electron chi connectivity index (χ1n) is 9.73. The number of para-hydroxylation sites is 2. The highest BCUT2D eigenvalue weighted by Crippen LogP contribution is 2.25. The van der Waals surface area contributed by atoms with Crippen molar-refractivity contribution in [2.75, 3.05) is 0 Å². The van der Waals surface area contributed by atoms with E-state index >= 15 is 0 Å². The number of benzene rings is 3. The number of fused-ring (bicyclic) bond motifs is 2. The molecule has 0 radical (unpaired) electrons. The predicted molar refractivity (Wildman–Crippen MR) is 128 cm³/mol. The van der Waals surface area contributed by atoms with E-state index in [4.69, 9.17) is 4.99 Å². The number of thiazole rings is 2. The number of aromatic nitrogens is 2. The average Bonchev–Trinajstić information content (AvgIpc) is 3.26. The molecule has 0 spiro atoms. The van der Waals surface area contributed by atoms with Crippen molar-refractivity contribution in [2.24, 2.45) is 19.1 Å². The topological polar surface area (TPSA) is 78.4 Å². The first-order valence-corrected chi connectivity index (χ1v) is 12.8. The van der Waals surface area contributed by atoms with Gasteiger partial charge >= 0.3 is 9.93 Å². The van der Waals surface area contributed by atoms with E-state index in [0.29, 0.717) is 0 Å². The van der Waals surface area contributed by atoms with Gasteiger partial charge in [-0.2, -0.15) is 0 Å². The second kappa shape index (κ2) is 8.95. The Morgan fingerprint density at radius 2 is 1.53 bits per heavy atom. The molecule has 5 aromatic rings. The summed E-state index contributed by atoms with van der Waals surface area (Å²) in [5.74, 6) is 0. The lowest BCUT2D eigenvalue weighted by atomic mass is 10.2. The molecule has 0 atom stereocenters. The Morgan fingerprint density at radius 3 is 2.16 bits per heavy atom. The smallest absolute Gasteiger partial charge is 0.386 e. The van der Waals surface area contributed by atoms with Crippen LogP contribution in [-0.4, -0.2) is 17.5 Å². The van der Waals surface area contributed by atoms with Gasteiger partial charge in [0, 0.05) is 12.0 Å². The Morgan fingerprint density at radius 1 is 0.906 bits per heavy atom. The lowest BCUT2D eigenvalue weighted by Gasteiger charge is -2.05. The summed E-state index contributed by atoms with van der Waals surface area (Å²) < 4.78 is 38.0. The average molecular weight is 484 g/mol. The molecule has 0 fully saturated rings. The molecular weight excluding hydrogens is 462 g/mol. The van der Waals surface area contributed by atoms with Crippen LogP contribution in [0.4, 0.5) is 5.13 Å². The Balaban J connectivity index is 0.000000189. The molecule has 0 amide bonds. The van der Waals surface area contributed by atoms with Gasteiger partial charge in [-0.3, -0.25) is 4.57 Å². The van der Waals surface area contributed by atoms with Gasteiger partial charge in [0.15, 0.2) is 0 Å². The summed E-state index contributed by atoms with van der Waals surface area (Å²) in [7, 11) is -0.121. The third-order valence-corrected chi connectivity index (χ3v) is 8.01. The highest BCUT2D eigenvalue weighted by molar-refractivity contribution is 7.85. The maximum atomic E-state index is 10.4. The van der Waals surface area contributed by atoms with Gasteiger partial charge in [-0.1, -0.05) is 53.3 Å². The standard InChI is InChI=1S/C16H14N3S2.C7H8O3S/c1-18-11-7-3-5-9-13(11)20-15(18)17-16-19(2)12-8-4-6-10-14(12)21-16;1-6-2-4-7(5-3-6)11(8,9)10/h3-10H,1-2H3;2-5H,1H3,(H,8,9,10)/q+1;/p-1. The number of hydrogen-bond donors (Lipinski definition) is 0. The maximum absolute atomic E-state index is 10.4. The molecule has 0 N–H and O–H groups in total. The summed E-state index contributed by atoms with van der Waals surface area (Å²) in [6, 6.07) is 22.6. The molecule has 164 valence electrons. The molecule has 0 unspecified atom stereocenters. The van der Waals surface area contributed by atoms with E-state index in [2.05, 4.69) is 71.8 Å². The molecule has 0 bridgehead atoms. The third kappa shape index (κ3) is 4.66. The fourth-order valence-electron chi connectivity index (χ4n) is 3.16. The molecule has 32 heavy (non-hydrogen) atoms. The van der Waals surface area contributed by atoms with Crippen molar-refractivity contribution in [3.05, 3.63) is 83.2 Å². The molecule has 5 rings (SSSR count). The zero-order valence-corrected chi connectivity index (χ0v) is 20.2. The molecule has 0 aliphatic rings. The Bertz CT molecular complexity index is 1580. The van der Waals surface area contributed by atoms with Crippen molar-refractivity contribution in [1.82, 2.24) is 4.57 Å². The molecule has 0 aliphatic carbocycles. The van der Waals surface area contributed by atoms with E-state index < -0.39 is 10.1 Å². The van der Waals surface area contributed by atoms with Gasteiger partial charge in [0.1, 0.15) is 15.6 Å². The van der Waals surface area contributed by atoms with Crippen LogP contribution in [0.5, 0.6) is 0 Å². The van der Waals surface area contributed by atoms with Gasteiger partial charge < -0.3 is 4.55 Å². The van der Waals surface area contributed by atoms with Gasteiger partial charge in [0.2, 0.25) is 0 Å². The van der Waals surface area contributed by atoms with E-state index in [0.717, 1.165) is 15.5 Å². The fourth-order valence-corrected chi connectivity index (χ4v) is 5.73. The van der Waals surface area contributed by atoms with E-state index in [1.54, 1.807) is 34.8 Å². The van der Waals surface area contributed by atoms with Crippen molar-refractivity contribution in [1.29, 1.82) is 0 Å². The zero-order chi connectivity index (χ0) is 22.9. The molecule has 9 heteroatoms. The van der Waals surface area contributed by atoms with Crippen LogP contribution in [0.15, 0.2) is 82.7 Å². The van der Waals surface area contributed by atoms with Gasteiger partial charge in [-0.25, -0.2) is 13.0 Å². The monoisotopic (exact) mass is 483 g/mol. The molecule has 6 nitrogen and oxygen atoms in total. The number of aryl methyl sites for hydroxylation is 3.